The van der Waals surface area contributed by atoms with Crippen molar-refractivity contribution >= 4 is 17.5 Å². The van der Waals surface area contributed by atoms with Crippen LogP contribution >= 0.6 is 0 Å². The Kier molecular flexibility index (Phi) is 4.85. The minimum Gasteiger partial charge on any atom is -0.493 e. The molecule has 1 aromatic heterocycles. The van der Waals surface area contributed by atoms with Crippen LogP contribution in [-0.2, 0) is 16.0 Å². The number of anilines is 1. The SMILES string of the molecule is O=C(Nc1ccc2c(c1)CCO2)C(=O)N1CCC[C@H]1C[C@@H](O)c1ccco1. The first-order chi connectivity index (χ1) is 13.1. The summed E-state index contributed by atoms with van der Waals surface area (Å²) in [5, 5.41) is 13.0. The minimum atomic E-state index is -0.793. The van der Waals surface area contributed by atoms with Crippen LogP contribution in [0.15, 0.2) is 41.0 Å². The number of ether oxygens (including phenoxy) is 1. The molecule has 1 saturated heterocycles. The number of nitrogens with one attached hydrogen (secondary N) is 1. The zero-order chi connectivity index (χ0) is 18.8. The van der Waals surface area contributed by atoms with Gasteiger partial charge in [0.1, 0.15) is 17.6 Å². The van der Waals surface area contributed by atoms with Crippen molar-refractivity contribution in [2.24, 2.45) is 0 Å². The first-order valence-corrected chi connectivity index (χ1v) is 9.21. The topological polar surface area (TPSA) is 92.0 Å². The van der Waals surface area contributed by atoms with Gasteiger partial charge in [0.05, 0.1) is 12.9 Å². The van der Waals surface area contributed by atoms with E-state index in [0.717, 1.165) is 30.6 Å². The van der Waals surface area contributed by atoms with Crippen molar-refractivity contribution in [1.29, 1.82) is 0 Å². The van der Waals surface area contributed by atoms with Crippen molar-refractivity contribution in [2.75, 3.05) is 18.5 Å². The average molecular weight is 370 g/mol. The fourth-order valence-electron chi connectivity index (χ4n) is 3.78. The Morgan fingerprint density at radius 1 is 1.33 bits per heavy atom. The molecule has 7 heteroatoms. The highest BCUT2D eigenvalue weighted by molar-refractivity contribution is 6.39. The van der Waals surface area contributed by atoms with Gasteiger partial charge >= 0.3 is 11.8 Å². The Hall–Kier alpha value is -2.80. The molecular weight excluding hydrogens is 348 g/mol. The van der Waals surface area contributed by atoms with Gasteiger partial charge in [0.15, 0.2) is 0 Å². The van der Waals surface area contributed by atoms with E-state index in [1.165, 1.54) is 6.26 Å². The summed E-state index contributed by atoms with van der Waals surface area (Å²) in [4.78, 5) is 26.6. The van der Waals surface area contributed by atoms with Crippen LogP contribution < -0.4 is 10.1 Å². The average Bonchev–Trinajstić information content (AvgIpc) is 3.41. The van der Waals surface area contributed by atoms with Crippen molar-refractivity contribution in [3.63, 3.8) is 0 Å². The molecular formula is C20H22N2O5. The molecule has 27 heavy (non-hydrogen) atoms. The number of amides is 2. The summed E-state index contributed by atoms with van der Waals surface area (Å²) in [7, 11) is 0. The molecule has 0 aliphatic carbocycles. The van der Waals surface area contributed by atoms with Crippen LogP contribution in [-0.4, -0.2) is 41.0 Å². The molecule has 2 aliphatic heterocycles. The third-order valence-electron chi connectivity index (χ3n) is 5.15. The second kappa shape index (κ2) is 7.44. The number of carbonyl (C=O) groups excluding carboxylic acids is 2. The van der Waals surface area contributed by atoms with Crippen molar-refractivity contribution in [3.8, 4) is 5.75 Å². The largest absolute Gasteiger partial charge is 0.493 e. The number of furan rings is 1. The molecule has 0 unspecified atom stereocenters. The minimum absolute atomic E-state index is 0.184. The van der Waals surface area contributed by atoms with E-state index in [0.29, 0.717) is 31.0 Å². The van der Waals surface area contributed by atoms with Crippen LogP contribution in [0.2, 0.25) is 0 Å². The second-order valence-corrected chi connectivity index (χ2v) is 6.94. The molecule has 0 saturated carbocycles. The van der Waals surface area contributed by atoms with Gasteiger partial charge in [-0.1, -0.05) is 0 Å². The normalized spacial score (nSPS) is 19.4. The van der Waals surface area contributed by atoms with Gasteiger partial charge < -0.3 is 24.5 Å². The van der Waals surface area contributed by atoms with E-state index in [4.69, 9.17) is 9.15 Å². The monoisotopic (exact) mass is 370 g/mol. The quantitative estimate of drug-likeness (QED) is 0.806. The van der Waals surface area contributed by atoms with Crippen molar-refractivity contribution < 1.29 is 23.8 Å². The first-order valence-electron chi connectivity index (χ1n) is 9.21. The third-order valence-corrected chi connectivity index (χ3v) is 5.15. The highest BCUT2D eigenvalue weighted by Gasteiger charge is 2.34. The summed E-state index contributed by atoms with van der Waals surface area (Å²) >= 11 is 0. The van der Waals surface area contributed by atoms with Gasteiger partial charge in [-0.05, 0) is 48.7 Å². The lowest BCUT2D eigenvalue weighted by molar-refractivity contribution is -0.144. The molecule has 0 radical (unpaired) electrons. The first kappa shape index (κ1) is 17.6. The molecule has 142 valence electrons. The molecule has 2 N–H and O–H groups in total. The molecule has 2 aliphatic rings. The molecule has 3 heterocycles. The number of aliphatic hydroxyl groups is 1. The molecule has 0 spiro atoms. The number of hydrogen-bond acceptors (Lipinski definition) is 5. The standard InChI is InChI=1S/C20H22N2O5/c23-16(18-4-2-9-26-18)12-15-3-1-8-22(15)20(25)19(24)21-14-5-6-17-13(11-14)7-10-27-17/h2,4-6,9,11,15-16,23H,1,3,7-8,10,12H2,(H,21,24)/t15-,16+/m0/s1. The summed E-state index contributed by atoms with van der Waals surface area (Å²) in [6, 6.07) is 8.62. The van der Waals surface area contributed by atoms with Crippen LogP contribution in [0.25, 0.3) is 0 Å². The van der Waals surface area contributed by atoms with Gasteiger partial charge in [-0.2, -0.15) is 0 Å². The van der Waals surface area contributed by atoms with Gasteiger partial charge in [0, 0.05) is 31.1 Å². The Bertz CT molecular complexity index is 833. The van der Waals surface area contributed by atoms with E-state index >= 15 is 0 Å². The lowest BCUT2D eigenvalue weighted by atomic mass is 10.1. The molecule has 1 fully saturated rings. The number of carbonyl (C=O) groups is 2. The van der Waals surface area contributed by atoms with Crippen molar-refractivity contribution in [3.05, 3.63) is 47.9 Å². The lowest BCUT2D eigenvalue weighted by Gasteiger charge is -2.25. The van der Waals surface area contributed by atoms with Gasteiger partial charge in [-0.15, -0.1) is 0 Å². The van der Waals surface area contributed by atoms with Crippen LogP contribution in [0, 0.1) is 0 Å². The van der Waals surface area contributed by atoms with Crippen LogP contribution in [0.5, 0.6) is 5.75 Å². The second-order valence-electron chi connectivity index (χ2n) is 6.94. The zero-order valence-corrected chi connectivity index (χ0v) is 14.9. The van der Waals surface area contributed by atoms with Crippen molar-refractivity contribution in [1.82, 2.24) is 4.90 Å². The lowest BCUT2D eigenvalue weighted by Crippen LogP contribution is -2.43. The molecule has 0 bridgehead atoms. The molecule has 7 nitrogen and oxygen atoms in total. The Morgan fingerprint density at radius 2 is 2.22 bits per heavy atom. The number of benzene rings is 1. The van der Waals surface area contributed by atoms with E-state index < -0.39 is 17.9 Å². The number of fused-ring (bicyclic) bond motifs is 1. The van der Waals surface area contributed by atoms with Crippen LogP contribution in [0.4, 0.5) is 5.69 Å². The fourth-order valence-corrected chi connectivity index (χ4v) is 3.78. The summed E-state index contributed by atoms with van der Waals surface area (Å²) in [5.74, 6) is 0.0686. The Labute approximate surface area is 156 Å². The van der Waals surface area contributed by atoms with Crippen molar-refractivity contribution in [2.45, 2.75) is 37.8 Å². The molecule has 1 aromatic carbocycles. The molecule has 2 amide bonds. The maximum atomic E-state index is 12.6. The molecule has 4 rings (SSSR count). The van der Waals surface area contributed by atoms with E-state index in [2.05, 4.69) is 5.32 Å². The maximum Gasteiger partial charge on any atom is 0.313 e. The van der Waals surface area contributed by atoms with E-state index in [1.807, 2.05) is 6.07 Å². The molecule has 2 aromatic rings. The zero-order valence-electron chi connectivity index (χ0n) is 14.9. The van der Waals surface area contributed by atoms with Crippen LogP contribution in [0.1, 0.15) is 36.7 Å². The highest BCUT2D eigenvalue weighted by Crippen LogP contribution is 2.29. The van der Waals surface area contributed by atoms with Crippen LogP contribution in [0.3, 0.4) is 0 Å². The summed E-state index contributed by atoms with van der Waals surface area (Å²) in [6.07, 6.45) is 3.43. The third kappa shape index (κ3) is 3.68. The van der Waals surface area contributed by atoms with E-state index in [-0.39, 0.29) is 6.04 Å². The van der Waals surface area contributed by atoms with Gasteiger partial charge in [0.2, 0.25) is 0 Å². The van der Waals surface area contributed by atoms with E-state index in [1.54, 1.807) is 29.2 Å². The number of aliphatic hydroxyl groups excluding tert-OH is 1. The Morgan fingerprint density at radius 3 is 3.04 bits per heavy atom. The molecule has 2 atom stereocenters. The summed E-state index contributed by atoms with van der Waals surface area (Å²) < 4.78 is 10.7. The number of rotatable bonds is 4. The van der Waals surface area contributed by atoms with Gasteiger partial charge in [0.25, 0.3) is 0 Å². The predicted octanol–water partition coefficient (Wildman–Crippen LogP) is 2.27. The fraction of sp³-hybridized carbons (Fsp3) is 0.400. The van der Waals surface area contributed by atoms with E-state index in [9.17, 15) is 14.7 Å². The Balaban J connectivity index is 1.39. The number of likely N-dealkylation sites (tertiary alicyclic amines) is 1. The number of hydrogen-bond donors (Lipinski definition) is 2. The number of nitrogens with zero attached hydrogens (tertiary/aromatic N) is 1. The van der Waals surface area contributed by atoms with Gasteiger partial charge in [-0.25, -0.2) is 0 Å². The van der Waals surface area contributed by atoms with Gasteiger partial charge in [-0.3, -0.25) is 9.59 Å². The highest BCUT2D eigenvalue weighted by atomic mass is 16.5. The maximum absolute atomic E-state index is 12.6. The summed E-state index contributed by atoms with van der Waals surface area (Å²) in [6.45, 7) is 1.15. The smallest absolute Gasteiger partial charge is 0.313 e. The predicted molar refractivity (Wildman–Crippen MR) is 97.3 cm³/mol. The summed E-state index contributed by atoms with van der Waals surface area (Å²) in [5.41, 5.74) is 1.62.